The number of sulfonamides is 1. The first-order chi connectivity index (χ1) is 13.4. The summed E-state index contributed by atoms with van der Waals surface area (Å²) < 4.78 is 27.6. The van der Waals surface area contributed by atoms with Crippen molar-refractivity contribution < 1.29 is 13.2 Å². The van der Waals surface area contributed by atoms with E-state index in [9.17, 15) is 13.2 Å². The van der Waals surface area contributed by atoms with Gasteiger partial charge in [-0.15, -0.1) is 4.83 Å². The summed E-state index contributed by atoms with van der Waals surface area (Å²) in [7, 11) is -2.08. The van der Waals surface area contributed by atoms with Gasteiger partial charge in [0, 0.05) is 24.1 Å². The molecule has 0 unspecified atom stereocenters. The van der Waals surface area contributed by atoms with Gasteiger partial charge >= 0.3 is 0 Å². The molecule has 0 atom stereocenters. The standard InChI is InChI=1S/C22H27N3O3S/c1-14-11-16(22(3,4)5)12-15(2)20(14)29(27,28)24-23-21(26)18-13-25(6)19-10-8-7-9-17(18)19/h7-13,24H,1-6H3,(H,23,26). The highest BCUT2D eigenvalue weighted by molar-refractivity contribution is 7.89. The fraction of sp³-hybridized carbons (Fsp3) is 0.318. The average molecular weight is 414 g/mol. The molecule has 0 spiro atoms. The van der Waals surface area contributed by atoms with Crippen molar-refractivity contribution in [1.29, 1.82) is 0 Å². The average Bonchev–Trinajstić information content (AvgIpc) is 2.95. The summed E-state index contributed by atoms with van der Waals surface area (Å²) in [5, 5.41) is 0.758. The Morgan fingerprint density at radius 2 is 1.62 bits per heavy atom. The Bertz CT molecular complexity index is 1180. The van der Waals surface area contributed by atoms with Crippen LogP contribution in [0.1, 0.15) is 47.8 Å². The molecule has 0 fully saturated rings. The molecule has 1 heterocycles. The largest absolute Gasteiger partial charge is 0.350 e. The van der Waals surface area contributed by atoms with E-state index in [2.05, 4.69) is 31.0 Å². The number of nitrogens with zero attached hydrogens (tertiary/aromatic N) is 1. The Hall–Kier alpha value is -2.64. The van der Waals surface area contributed by atoms with E-state index in [-0.39, 0.29) is 10.3 Å². The monoisotopic (exact) mass is 413 g/mol. The van der Waals surface area contributed by atoms with Crippen LogP contribution in [0, 0.1) is 13.8 Å². The Kier molecular flexibility index (Phi) is 5.32. The fourth-order valence-electron chi connectivity index (χ4n) is 3.56. The first kappa shape index (κ1) is 21.1. The van der Waals surface area contributed by atoms with Crippen molar-refractivity contribution in [3.8, 4) is 0 Å². The van der Waals surface area contributed by atoms with Gasteiger partial charge in [0.05, 0.1) is 10.5 Å². The lowest BCUT2D eigenvalue weighted by Gasteiger charge is -2.22. The molecule has 3 aromatic rings. The van der Waals surface area contributed by atoms with Crippen LogP contribution in [0.25, 0.3) is 10.9 Å². The molecule has 0 aliphatic heterocycles. The first-order valence-electron chi connectivity index (χ1n) is 9.40. The summed E-state index contributed by atoms with van der Waals surface area (Å²) in [5.41, 5.74) is 5.90. The van der Waals surface area contributed by atoms with E-state index >= 15 is 0 Å². The van der Waals surface area contributed by atoms with Gasteiger partial charge in [-0.3, -0.25) is 10.2 Å². The summed E-state index contributed by atoms with van der Waals surface area (Å²) >= 11 is 0. The lowest BCUT2D eigenvalue weighted by atomic mass is 9.85. The number of carbonyl (C=O) groups is 1. The molecule has 154 valence electrons. The van der Waals surface area contributed by atoms with Gasteiger partial charge in [-0.05, 0) is 42.0 Å². The topological polar surface area (TPSA) is 80.2 Å². The van der Waals surface area contributed by atoms with Crippen LogP contribution in [0.5, 0.6) is 0 Å². The van der Waals surface area contributed by atoms with E-state index in [1.165, 1.54) is 0 Å². The Morgan fingerprint density at radius 3 is 2.21 bits per heavy atom. The van der Waals surface area contributed by atoms with E-state index in [4.69, 9.17) is 0 Å². The van der Waals surface area contributed by atoms with Gasteiger partial charge in [0.2, 0.25) is 0 Å². The van der Waals surface area contributed by atoms with Crippen LogP contribution < -0.4 is 10.3 Å². The third-order valence-electron chi connectivity index (χ3n) is 5.04. The molecule has 0 bridgehead atoms. The van der Waals surface area contributed by atoms with Crippen molar-refractivity contribution >= 4 is 26.8 Å². The zero-order valence-electron chi connectivity index (χ0n) is 17.6. The van der Waals surface area contributed by atoms with Gasteiger partial charge in [-0.1, -0.05) is 51.1 Å². The van der Waals surface area contributed by atoms with Gasteiger partial charge in [0.1, 0.15) is 0 Å². The Morgan fingerprint density at radius 1 is 1.03 bits per heavy atom. The second-order valence-electron chi connectivity index (χ2n) is 8.42. The van der Waals surface area contributed by atoms with Crippen LogP contribution in [0.3, 0.4) is 0 Å². The van der Waals surface area contributed by atoms with Gasteiger partial charge < -0.3 is 4.57 Å². The van der Waals surface area contributed by atoms with Gasteiger partial charge in [-0.25, -0.2) is 8.42 Å². The minimum absolute atomic E-state index is 0.0895. The van der Waals surface area contributed by atoms with Crippen molar-refractivity contribution in [2.75, 3.05) is 0 Å². The maximum absolute atomic E-state index is 12.9. The number of amides is 1. The molecule has 2 N–H and O–H groups in total. The highest BCUT2D eigenvalue weighted by atomic mass is 32.2. The van der Waals surface area contributed by atoms with Crippen molar-refractivity contribution in [3.05, 3.63) is 64.8 Å². The molecule has 6 nitrogen and oxygen atoms in total. The maximum atomic E-state index is 12.9. The zero-order chi connectivity index (χ0) is 21.6. The van der Waals surface area contributed by atoms with Crippen LogP contribution in [-0.4, -0.2) is 18.9 Å². The molecule has 3 rings (SSSR count). The van der Waals surface area contributed by atoms with E-state index in [1.807, 2.05) is 48.0 Å². The van der Waals surface area contributed by atoms with Crippen molar-refractivity contribution in [2.24, 2.45) is 7.05 Å². The van der Waals surface area contributed by atoms with Gasteiger partial charge in [0.25, 0.3) is 15.9 Å². The number of hydrogen-bond donors (Lipinski definition) is 2. The Balaban J connectivity index is 1.88. The van der Waals surface area contributed by atoms with E-state index < -0.39 is 15.9 Å². The SMILES string of the molecule is Cc1cc(C(C)(C)C)cc(C)c1S(=O)(=O)NNC(=O)c1cn(C)c2ccccc12. The number of aromatic nitrogens is 1. The van der Waals surface area contributed by atoms with Crippen LogP contribution >= 0.6 is 0 Å². The number of aryl methyl sites for hydroxylation is 3. The summed E-state index contributed by atoms with van der Waals surface area (Å²) in [4.78, 5) is 15.1. The fourth-order valence-corrected chi connectivity index (χ4v) is 4.86. The van der Waals surface area contributed by atoms with Gasteiger partial charge in [-0.2, -0.15) is 0 Å². The third-order valence-corrected chi connectivity index (χ3v) is 6.59. The lowest BCUT2D eigenvalue weighted by molar-refractivity contribution is 0.0946. The minimum atomic E-state index is -3.92. The molecule has 7 heteroatoms. The second-order valence-corrected chi connectivity index (χ2v) is 10.0. The normalized spacial score (nSPS) is 12.3. The predicted molar refractivity (Wildman–Crippen MR) is 115 cm³/mol. The third kappa shape index (κ3) is 4.06. The summed E-state index contributed by atoms with van der Waals surface area (Å²) in [5.74, 6) is -0.507. The highest BCUT2D eigenvalue weighted by Crippen LogP contribution is 2.29. The highest BCUT2D eigenvalue weighted by Gasteiger charge is 2.24. The number of carbonyl (C=O) groups excluding carboxylic acids is 1. The van der Waals surface area contributed by atoms with Crippen LogP contribution in [-0.2, 0) is 22.5 Å². The minimum Gasteiger partial charge on any atom is -0.350 e. The maximum Gasteiger partial charge on any atom is 0.268 e. The second kappa shape index (κ2) is 7.31. The number of nitrogens with one attached hydrogen (secondary N) is 2. The molecule has 1 aromatic heterocycles. The molecular weight excluding hydrogens is 386 g/mol. The number of fused-ring (bicyclic) bond motifs is 1. The van der Waals surface area contributed by atoms with Crippen molar-refractivity contribution in [1.82, 2.24) is 14.8 Å². The smallest absolute Gasteiger partial charge is 0.268 e. The zero-order valence-corrected chi connectivity index (χ0v) is 18.4. The molecule has 0 aliphatic carbocycles. The van der Waals surface area contributed by atoms with Gasteiger partial charge in [0.15, 0.2) is 0 Å². The molecule has 1 amide bonds. The molecule has 0 saturated heterocycles. The number of para-hydroxylation sites is 1. The molecule has 0 saturated carbocycles. The number of hydrazine groups is 1. The summed E-state index contributed by atoms with van der Waals surface area (Å²) in [6.45, 7) is 9.78. The van der Waals surface area contributed by atoms with Crippen LogP contribution in [0.2, 0.25) is 0 Å². The number of hydrogen-bond acceptors (Lipinski definition) is 3. The predicted octanol–water partition coefficient (Wildman–Crippen LogP) is 3.72. The van der Waals surface area contributed by atoms with E-state index in [0.717, 1.165) is 16.5 Å². The lowest BCUT2D eigenvalue weighted by Crippen LogP contribution is -2.42. The Labute approximate surface area is 172 Å². The van der Waals surface area contributed by atoms with Crippen LogP contribution in [0.15, 0.2) is 47.5 Å². The molecule has 2 aromatic carbocycles. The van der Waals surface area contributed by atoms with E-state index in [1.54, 1.807) is 20.0 Å². The molecule has 0 radical (unpaired) electrons. The quantitative estimate of drug-likeness (QED) is 0.640. The number of rotatable bonds is 4. The van der Waals surface area contributed by atoms with Crippen molar-refractivity contribution in [3.63, 3.8) is 0 Å². The van der Waals surface area contributed by atoms with Crippen molar-refractivity contribution in [2.45, 2.75) is 44.9 Å². The molecule has 0 aliphatic rings. The summed E-state index contributed by atoms with van der Waals surface area (Å²) in [6, 6.07) is 11.2. The molecule has 29 heavy (non-hydrogen) atoms. The number of benzene rings is 2. The molecular formula is C22H27N3O3S. The van der Waals surface area contributed by atoms with E-state index in [0.29, 0.717) is 16.7 Å². The first-order valence-corrected chi connectivity index (χ1v) is 10.9. The summed E-state index contributed by atoms with van der Waals surface area (Å²) in [6.07, 6.45) is 1.68. The van der Waals surface area contributed by atoms with Crippen LogP contribution in [0.4, 0.5) is 0 Å².